The van der Waals surface area contributed by atoms with Crippen LogP contribution in [0.25, 0.3) is 0 Å². The maximum absolute atomic E-state index is 12.3. The number of carbonyl (C=O) groups excluding carboxylic acids is 3. The summed E-state index contributed by atoms with van der Waals surface area (Å²) in [6, 6.07) is -1.71. The van der Waals surface area contributed by atoms with Gasteiger partial charge in [0.05, 0.1) is 12.6 Å². The van der Waals surface area contributed by atoms with Crippen LogP contribution in [0.3, 0.4) is 0 Å². The Labute approximate surface area is 106 Å². The smallest absolute Gasteiger partial charge is 0.382 e. The molecule has 2 atom stereocenters. The zero-order valence-corrected chi connectivity index (χ0v) is 9.74. The normalized spacial score (nSPS) is 14.3. The van der Waals surface area contributed by atoms with Crippen molar-refractivity contribution in [2.75, 3.05) is 6.54 Å². The molecule has 5 N–H and O–H groups in total. The van der Waals surface area contributed by atoms with Crippen LogP contribution in [0.4, 0.5) is 13.2 Å². The average Bonchev–Trinajstić information content (AvgIpc) is 2.29. The lowest BCUT2D eigenvalue weighted by Crippen LogP contribution is -2.51. The molecule has 0 heterocycles. The zero-order valence-electron chi connectivity index (χ0n) is 9.74. The van der Waals surface area contributed by atoms with E-state index in [9.17, 15) is 27.6 Å². The molecule has 19 heavy (non-hydrogen) atoms. The standard InChI is InChI=1S/C9H14F3N3O4/c10-9(11,12)8(19)5(1-2-6(13)17)15-7(18)3-14-4-16/h4-5,8,19H,1-3H2,(H2,13,17)(H,14,16)(H,15,18). The van der Waals surface area contributed by atoms with E-state index >= 15 is 0 Å². The molecule has 0 rings (SSSR count). The van der Waals surface area contributed by atoms with Crippen LogP contribution in [0.2, 0.25) is 0 Å². The van der Waals surface area contributed by atoms with Gasteiger partial charge >= 0.3 is 6.18 Å². The minimum absolute atomic E-state index is 0.193. The minimum atomic E-state index is -4.95. The van der Waals surface area contributed by atoms with Crippen molar-refractivity contribution >= 4 is 18.2 Å². The van der Waals surface area contributed by atoms with Crippen molar-refractivity contribution in [3.63, 3.8) is 0 Å². The lowest BCUT2D eigenvalue weighted by molar-refractivity contribution is -0.212. The number of aliphatic hydroxyl groups excluding tert-OH is 1. The van der Waals surface area contributed by atoms with Crippen LogP contribution >= 0.6 is 0 Å². The van der Waals surface area contributed by atoms with Crippen molar-refractivity contribution in [1.82, 2.24) is 10.6 Å². The average molecular weight is 285 g/mol. The SMILES string of the molecule is NC(=O)CCC(NC(=O)CNC=O)C(O)C(F)(F)F. The van der Waals surface area contributed by atoms with Gasteiger partial charge in [0, 0.05) is 6.42 Å². The first-order valence-corrected chi connectivity index (χ1v) is 5.18. The molecule has 0 radical (unpaired) electrons. The predicted octanol–water partition coefficient (Wildman–Crippen LogP) is -1.59. The topological polar surface area (TPSA) is 122 Å². The quantitative estimate of drug-likeness (QED) is 0.401. The minimum Gasteiger partial charge on any atom is -0.382 e. The monoisotopic (exact) mass is 285 g/mol. The molecule has 0 saturated carbocycles. The van der Waals surface area contributed by atoms with Crippen molar-refractivity contribution in [1.29, 1.82) is 0 Å². The fraction of sp³-hybridized carbons (Fsp3) is 0.667. The lowest BCUT2D eigenvalue weighted by Gasteiger charge is -2.25. The van der Waals surface area contributed by atoms with Crippen LogP contribution < -0.4 is 16.4 Å². The first-order valence-electron chi connectivity index (χ1n) is 5.18. The molecule has 110 valence electrons. The van der Waals surface area contributed by atoms with Gasteiger partial charge in [-0.25, -0.2) is 0 Å². The van der Waals surface area contributed by atoms with E-state index in [1.165, 1.54) is 0 Å². The second-order valence-corrected chi connectivity index (χ2v) is 3.66. The number of nitrogens with two attached hydrogens (primary N) is 1. The molecule has 0 saturated heterocycles. The Morgan fingerprint density at radius 3 is 2.37 bits per heavy atom. The van der Waals surface area contributed by atoms with E-state index in [4.69, 9.17) is 10.8 Å². The molecule has 0 aromatic heterocycles. The summed E-state index contributed by atoms with van der Waals surface area (Å²) in [5.74, 6) is -1.79. The summed E-state index contributed by atoms with van der Waals surface area (Å²) in [5, 5.41) is 12.9. The van der Waals surface area contributed by atoms with Crippen LogP contribution in [0.15, 0.2) is 0 Å². The summed E-state index contributed by atoms with van der Waals surface area (Å²) in [6.07, 6.45) is -8.49. The summed E-state index contributed by atoms with van der Waals surface area (Å²) in [7, 11) is 0. The number of amides is 3. The van der Waals surface area contributed by atoms with Gasteiger partial charge in [0.15, 0.2) is 6.10 Å². The number of aliphatic hydroxyl groups is 1. The Morgan fingerprint density at radius 2 is 1.95 bits per heavy atom. The summed E-state index contributed by atoms with van der Waals surface area (Å²) >= 11 is 0. The van der Waals surface area contributed by atoms with Gasteiger partial charge in [-0.3, -0.25) is 14.4 Å². The van der Waals surface area contributed by atoms with Crippen LogP contribution in [-0.2, 0) is 14.4 Å². The Kier molecular flexibility index (Phi) is 6.83. The van der Waals surface area contributed by atoms with Crippen molar-refractivity contribution in [3.8, 4) is 0 Å². The van der Waals surface area contributed by atoms with Gasteiger partial charge in [-0.05, 0) is 6.42 Å². The van der Waals surface area contributed by atoms with Gasteiger partial charge in [-0.15, -0.1) is 0 Å². The molecule has 0 aromatic rings. The number of nitrogens with one attached hydrogen (secondary N) is 2. The zero-order chi connectivity index (χ0) is 15.1. The molecule has 0 spiro atoms. The number of alkyl halides is 3. The van der Waals surface area contributed by atoms with Gasteiger partial charge in [0.2, 0.25) is 18.2 Å². The van der Waals surface area contributed by atoms with Gasteiger partial charge in [0.1, 0.15) is 0 Å². The van der Waals surface area contributed by atoms with E-state index in [1.807, 2.05) is 10.6 Å². The molecular weight excluding hydrogens is 271 g/mol. The number of hydrogen-bond acceptors (Lipinski definition) is 4. The Hall–Kier alpha value is -1.84. The highest BCUT2D eigenvalue weighted by Gasteiger charge is 2.43. The largest absolute Gasteiger partial charge is 0.416 e. The fourth-order valence-electron chi connectivity index (χ4n) is 1.23. The summed E-state index contributed by atoms with van der Waals surface area (Å²) in [4.78, 5) is 31.6. The van der Waals surface area contributed by atoms with Gasteiger partial charge in [-0.1, -0.05) is 0 Å². The van der Waals surface area contributed by atoms with Gasteiger partial charge in [-0.2, -0.15) is 13.2 Å². The predicted molar refractivity (Wildman–Crippen MR) is 56.5 cm³/mol. The van der Waals surface area contributed by atoms with Gasteiger partial charge < -0.3 is 21.5 Å². The molecule has 0 aliphatic heterocycles. The van der Waals surface area contributed by atoms with E-state index in [2.05, 4.69) is 0 Å². The molecule has 3 amide bonds. The van der Waals surface area contributed by atoms with Crippen molar-refractivity contribution in [3.05, 3.63) is 0 Å². The second kappa shape index (κ2) is 7.56. The molecule has 2 unspecified atom stereocenters. The highest BCUT2D eigenvalue weighted by molar-refractivity contribution is 5.80. The highest BCUT2D eigenvalue weighted by Crippen LogP contribution is 2.24. The first kappa shape index (κ1) is 17.2. The maximum atomic E-state index is 12.3. The molecule has 7 nitrogen and oxygen atoms in total. The third-order valence-electron chi connectivity index (χ3n) is 2.11. The molecule has 10 heteroatoms. The summed E-state index contributed by atoms with van der Waals surface area (Å²) in [6.45, 7) is -0.541. The molecular formula is C9H14F3N3O4. The molecule has 0 aliphatic carbocycles. The fourth-order valence-corrected chi connectivity index (χ4v) is 1.23. The van der Waals surface area contributed by atoms with Crippen molar-refractivity contribution < 1.29 is 32.7 Å². The maximum Gasteiger partial charge on any atom is 0.416 e. The number of carbonyl (C=O) groups is 3. The van der Waals surface area contributed by atoms with E-state index in [0.29, 0.717) is 0 Å². The summed E-state index contributed by atoms with van der Waals surface area (Å²) in [5.41, 5.74) is 4.79. The second-order valence-electron chi connectivity index (χ2n) is 3.66. The molecule has 0 bridgehead atoms. The molecule has 0 aromatic carbocycles. The number of primary amides is 1. The van der Waals surface area contributed by atoms with E-state index in [0.717, 1.165) is 0 Å². The van der Waals surface area contributed by atoms with E-state index < -0.39 is 49.5 Å². The van der Waals surface area contributed by atoms with Crippen molar-refractivity contribution in [2.45, 2.75) is 31.2 Å². The highest BCUT2D eigenvalue weighted by atomic mass is 19.4. The molecule has 0 aliphatic rings. The number of rotatable bonds is 8. The van der Waals surface area contributed by atoms with Gasteiger partial charge in [0.25, 0.3) is 0 Å². The Bertz CT molecular complexity index is 335. The number of halogens is 3. The lowest BCUT2D eigenvalue weighted by atomic mass is 10.0. The van der Waals surface area contributed by atoms with Crippen LogP contribution in [0, 0.1) is 0 Å². The number of hydrogen-bond donors (Lipinski definition) is 4. The third-order valence-corrected chi connectivity index (χ3v) is 2.11. The van der Waals surface area contributed by atoms with E-state index in [-0.39, 0.29) is 6.41 Å². The first-order chi connectivity index (χ1) is 8.68. The molecule has 0 fully saturated rings. The Morgan fingerprint density at radius 1 is 1.37 bits per heavy atom. The van der Waals surface area contributed by atoms with E-state index in [1.54, 1.807) is 0 Å². The van der Waals surface area contributed by atoms with Crippen LogP contribution in [0.5, 0.6) is 0 Å². The Balaban J connectivity index is 4.61. The summed E-state index contributed by atoms with van der Waals surface area (Å²) < 4.78 is 37.0. The van der Waals surface area contributed by atoms with Crippen molar-refractivity contribution in [2.24, 2.45) is 5.73 Å². The van der Waals surface area contributed by atoms with Crippen LogP contribution in [0.1, 0.15) is 12.8 Å². The third kappa shape index (κ3) is 7.24. The van der Waals surface area contributed by atoms with Crippen LogP contribution in [-0.4, -0.2) is 48.2 Å².